The molecule has 0 amide bonds. The normalized spacial score (nSPS) is 24.8. The molecule has 0 saturated heterocycles. The van der Waals surface area contributed by atoms with Crippen molar-refractivity contribution in [1.29, 1.82) is 0 Å². The SMILES string of the molecule is CNC1=C/C=C/C=c2\cccc\c2=C\1. The maximum Gasteiger partial charge on any atom is 0.0343 e. The molecule has 1 aliphatic rings. The van der Waals surface area contributed by atoms with Gasteiger partial charge in [-0.05, 0) is 22.6 Å². The molecule has 1 aromatic carbocycles. The van der Waals surface area contributed by atoms with Gasteiger partial charge in [0.15, 0.2) is 0 Å². The van der Waals surface area contributed by atoms with Gasteiger partial charge >= 0.3 is 0 Å². The van der Waals surface area contributed by atoms with Crippen LogP contribution in [0, 0.1) is 0 Å². The Balaban J connectivity index is 2.70. The summed E-state index contributed by atoms with van der Waals surface area (Å²) in [5, 5.41) is 5.65. The molecule has 1 N–H and O–H groups in total. The van der Waals surface area contributed by atoms with Crippen LogP contribution < -0.4 is 15.8 Å². The monoisotopic (exact) mass is 183 g/mol. The van der Waals surface area contributed by atoms with Gasteiger partial charge in [0, 0.05) is 12.7 Å². The van der Waals surface area contributed by atoms with Crippen LogP contribution in [0.25, 0.3) is 12.2 Å². The summed E-state index contributed by atoms with van der Waals surface area (Å²) in [7, 11) is 1.93. The van der Waals surface area contributed by atoms with Crippen molar-refractivity contribution in [2.75, 3.05) is 7.05 Å². The molecule has 0 fully saturated rings. The zero-order valence-electron chi connectivity index (χ0n) is 8.20. The molecule has 14 heavy (non-hydrogen) atoms. The molecule has 1 aromatic rings. The molecule has 70 valence electrons. The third-order valence-corrected chi connectivity index (χ3v) is 2.26. The van der Waals surface area contributed by atoms with Gasteiger partial charge in [0.2, 0.25) is 0 Å². The lowest BCUT2D eigenvalue weighted by molar-refractivity contribution is 1.05. The second-order valence-electron chi connectivity index (χ2n) is 3.20. The van der Waals surface area contributed by atoms with Gasteiger partial charge in [-0.3, -0.25) is 0 Å². The zero-order valence-corrected chi connectivity index (χ0v) is 8.20. The Labute approximate surface area is 83.8 Å². The molecular formula is C13H13N. The lowest BCUT2D eigenvalue weighted by Gasteiger charge is -2.00. The molecule has 1 heteroatoms. The Morgan fingerprint density at radius 2 is 1.64 bits per heavy atom. The summed E-state index contributed by atoms with van der Waals surface area (Å²) in [5.74, 6) is 0. The standard InChI is InChI=1S/C13H13N/c1-14-13-9-5-4-7-11-6-2-3-8-12(11)10-13/h2-10,14H,1H3/b5-4+,7-4?,9-5?,11-7+,12-10-,13-9+,13-10?. The predicted molar refractivity (Wildman–Crippen MR) is 60.9 cm³/mol. The number of fused-ring (bicyclic) bond motifs is 1. The Bertz CT molecular complexity index is 492. The summed E-state index contributed by atoms with van der Waals surface area (Å²) in [6.45, 7) is 0. The number of nitrogens with one attached hydrogen (secondary N) is 1. The number of benzene rings is 1. The van der Waals surface area contributed by atoms with E-state index in [2.05, 4.69) is 53.9 Å². The molecule has 0 aliphatic heterocycles. The second kappa shape index (κ2) is 3.97. The summed E-state index contributed by atoms with van der Waals surface area (Å²) in [4.78, 5) is 0. The van der Waals surface area contributed by atoms with Gasteiger partial charge in [-0.25, -0.2) is 0 Å². The van der Waals surface area contributed by atoms with Gasteiger partial charge in [0.25, 0.3) is 0 Å². The number of hydrogen-bond acceptors (Lipinski definition) is 1. The molecule has 0 aromatic heterocycles. The van der Waals surface area contributed by atoms with Crippen LogP contribution >= 0.6 is 0 Å². The topological polar surface area (TPSA) is 12.0 Å². The molecular weight excluding hydrogens is 170 g/mol. The van der Waals surface area contributed by atoms with Crippen LogP contribution in [0.1, 0.15) is 0 Å². The minimum atomic E-state index is 1.13. The molecule has 0 atom stereocenters. The third-order valence-electron chi connectivity index (χ3n) is 2.26. The molecule has 0 saturated carbocycles. The molecule has 0 bridgehead atoms. The lowest BCUT2D eigenvalue weighted by Crippen LogP contribution is -2.25. The van der Waals surface area contributed by atoms with E-state index in [1.165, 1.54) is 10.4 Å². The first-order valence-corrected chi connectivity index (χ1v) is 4.73. The summed E-state index contributed by atoms with van der Waals surface area (Å²) in [5.41, 5.74) is 1.13. The Hall–Kier alpha value is -1.76. The van der Waals surface area contributed by atoms with E-state index in [0.29, 0.717) is 0 Å². The summed E-state index contributed by atoms with van der Waals surface area (Å²) in [6.07, 6.45) is 10.4. The van der Waals surface area contributed by atoms with E-state index in [1.54, 1.807) is 0 Å². The fourth-order valence-corrected chi connectivity index (χ4v) is 1.48. The van der Waals surface area contributed by atoms with E-state index >= 15 is 0 Å². The van der Waals surface area contributed by atoms with E-state index in [0.717, 1.165) is 5.70 Å². The highest BCUT2D eigenvalue weighted by Gasteiger charge is 1.89. The van der Waals surface area contributed by atoms with E-state index in [4.69, 9.17) is 0 Å². The quantitative estimate of drug-likeness (QED) is 0.682. The van der Waals surface area contributed by atoms with E-state index in [1.807, 2.05) is 13.1 Å². The minimum Gasteiger partial charge on any atom is -0.388 e. The number of allylic oxidation sites excluding steroid dienone is 4. The van der Waals surface area contributed by atoms with Crippen LogP contribution in [0.5, 0.6) is 0 Å². The van der Waals surface area contributed by atoms with E-state index in [9.17, 15) is 0 Å². The Morgan fingerprint density at radius 1 is 0.929 bits per heavy atom. The highest BCUT2D eigenvalue weighted by atomic mass is 14.8. The van der Waals surface area contributed by atoms with Crippen LogP contribution in [-0.2, 0) is 0 Å². The molecule has 0 spiro atoms. The Kier molecular flexibility index (Phi) is 2.50. The van der Waals surface area contributed by atoms with Crippen molar-refractivity contribution in [2.45, 2.75) is 0 Å². The van der Waals surface area contributed by atoms with E-state index < -0.39 is 0 Å². The lowest BCUT2D eigenvalue weighted by atomic mass is 10.1. The highest BCUT2D eigenvalue weighted by molar-refractivity contribution is 5.52. The minimum absolute atomic E-state index is 1.13. The van der Waals surface area contributed by atoms with Crippen molar-refractivity contribution in [3.63, 3.8) is 0 Å². The van der Waals surface area contributed by atoms with Crippen LogP contribution in [0.4, 0.5) is 0 Å². The average Bonchev–Trinajstić information content (AvgIpc) is 2.19. The van der Waals surface area contributed by atoms with Crippen LogP contribution in [0.2, 0.25) is 0 Å². The molecule has 0 unspecified atom stereocenters. The van der Waals surface area contributed by atoms with Crippen molar-refractivity contribution in [1.82, 2.24) is 5.32 Å². The molecule has 1 nitrogen and oxygen atoms in total. The second-order valence-corrected chi connectivity index (χ2v) is 3.20. The molecule has 0 heterocycles. The first-order chi connectivity index (χ1) is 6.90. The van der Waals surface area contributed by atoms with Gasteiger partial charge < -0.3 is 5.32 Å². The summed E-state index contributed by atoms with van der Waals surface area (Å²) >= 11 is 0. The smallest absolute Gasteiger partial charge is 0.0343 e. The maximum absolute atomic E-state index is 3.15. The van der Waals surface area contributed by atoms with Gasteiger partial charge in [-0.2, -0.15) is 0 Å². The van der Waals surface area contributed by atoms with Crippen molar-refractivity contribution in [3.8, 4) is 0 Å². The fraction of sp³-hybridized carbons (Fsp3) is 0.0769. The maximum atomic E-state index is 3.15. The average molecular weight is 183 g/mol. The molecule has 1 aliphatic carbocycles. The van der Waals surface area contributed by atoms with Crippen molar-refractivity contribution in [3.05, 3.63) is 58.6 Å². The van der Waals surface area contributed by atoms with Crippen molar-refractivity contribution >= 4 is 12.2 Å². The van der Waals surface area contributed by atoms with Crippen molar-refractivity contribution in [2.24, 2.45) is 0 Å². The zero-order chi connectivity index (χ0) is 9.80. The van der Waals surface area contributed by atoms with Crippen molar-refractivity contribution < 1.29 is 0 Å². The largest absolute Gasteiger partial charge is 0.388 e. The Morgan fingerprint density at radius 3 is 2.43 bits per heavy atom. The first-order valence-electron chi connectivity index (χ1n) is 4.73. The molecule has 0 radical (unpaired) electrons. The van der Waals surface area contributed by atoms with Gasteiger partial charge in [0.05, 0.1) is 0 Å². The first kappa shape index (κ1) is 8.82. The number of rotatable bonds is 1. The van der Waals surface area contributed by atoms with Gasteiger partial charge in [0.1, 0.15) is 0 Å². The highest BCUT2D eigenvalue weighted by Crippen LogP contribution is 1.92. The third kappa shape index (κ3) is 1.77. The predicted octanol–water partition coefficient (Wildman–Crippen LogP) is 0.921. The van der Waals surface area contributed by atoms with E-state index in [-0.39, 0.29) is 0 Å². The van der Waals surface area contributed by atoms with Crippen LogP contribution in [0.3, 0.4) is 0 Å². The summed E-state index contributed by atoms with van der Waals surface area (Å²) in [6, 6.07) is 8.36. The van der Waals surface area contributed by atoms with Crippen LogP contribution in [-0.4, -0.2) is 7.05 Å². The summed E-state index contributed by atoms with van der Waals surface area (Å²) < 4.78 is 0. The molecule has 2 rings (SSSR count). The van der Waals surface area contributed by atoms with Gasteiger partial charge in [-0.15, -0.1) is 0 Å². The van der Waals surface area contributed by atoms with Gasteiger partial charge in [-0.1, -0.05) is 42.5 Å². The van der Waals surface area contributed by atoms with Crippen LogP contribution in [0.15, 0.2) is 48.2 Å². The number of hydrogen-bond donors (Lipinski definition) is 1. The fourth-order valence-electron chi connectivity index (χ4n) is 1.48.